The van der Waals surface area contributed by atoms with Crippen LogP contribution in [0.3, 0.4) is 0 Å². The Labute approximate surface area is 138 Å². The Balaban J connectivity index is 1.96. The summed E-state index contributed by atoms with van der Waals surface area (Å²) in [4.78, 5) is 30.6. The number of aryl methyl sites for hydroxylation is 3. The van der Waals surface area contributed by atoms with E-state index >= 15 is 0 Å². The Morgan fingerprint density at radius 1 is 1.12 bits per heavy atom. The fraction of sp³-hybridized carbons (Fsp3) is 0.278. The van der Waals surface area contributed by atoms with E-state index in [1.807, 2.05) is 32.9 Å². The minimum atomic E-state index is -0.530. The summed E-state index contributed by atoms with van der Waals surface area (Å²) in [6.45, 7) is 6.13. The molecule has 1 aromatic carbocycles. The monoisotopic (exact) mass is 326 g/mol. The third-order valence-electron chi connectivity index (χ3n) is 3.71. The largest absolute Gasteiger partial charge is 0.460 e. The first kappa shape index (κ1) is 16.0. The molecule has 0 bridgehead atoms. The molecule has 1 N–H and O–H groups in total. The maximum atomic E-state index is 12.3. The van der Waals surface area contributed by atoms with Gasteiger partial charge in [0.1, 0.15) is 12.0 Å². The second-order valence-electron chi connectivity index (χ2n) is 5.78. The lowest BCUT2D eigenvalue weighted by Crippen LogP contribution is -2.15. The highest BCUT2D eigenvalue weighted by atomic mass is 16.5. The van der Waals surface area contributed by atoms with Gasteiger partial charge in [0.2, 0.25) is 5.71 Å². The van der Waals surface area contributed by atoms with E-state index in [-0.39, 0.29) is 29.3 Å². The van der Waals surface area contributed by atoms with Crippen LogP contribution in [0.25, 0.3) is 11.1 Å². The highest BCUT2D eigenvalue weighted by Gasteiger charge is 2.12. The van der Waals surface area contributed by atoms with E-state index in [0.29, 0.717) is 12.0 Å². The molecular formula is C18H18N2O4. The Bertz CT molecular complexity index is 997. The maximum Gasteiger partial charge on any atom is 0.337 e. The standard InChI is InChI=1S/C18H18N2O4/c1-4-13-8-14(21)24-17-15(13)16(22)19-18(20-17)23-9-12-6-10(2)5-11(3)7-12/h5-8H,4,9H2,1-3H3,(H,19,20,22). The highest BCUT2D eigenvalue weighted by molar-refractivity contribution is 5.75. The van der Waals surface area contributed by atoms with Crippen molar-refractivity contribution in [3.8, 4) is 6.01 Å². The van der Waals surface area contributed by atoms with Gasteiger partial charge in [0.05, 0.1) is 0 Å². The molecule has 0 saturated carbocycles. The molecule has 3 rings (SSSR count). The fourth-order valence-corrected chi connectivity index (χ4v) is 2.78. The molecule has 0 unspecified atom stereocenters. The van der Waals surface area contributed by atoms with Crippen LogP contribution in [0.15, 0.2) is 38.3 Å². The van der Waals surface area contributed by atoms with Gasteiger partial charge < -0.3 is 9.15 Å². The molecule has 0 aliphatic rings. The number of H-pyrrole nitrogens is 1. The van der Waals surface area contributed by atoms with Crippen molar-refractivity contribution in [3.63, 3.8) is 0 Å². The van der Waals surface area contributed by atoms with Crippen LogP contribution in [-0.2, 0) is 13.0 Å². The van der Waals surface area contributed by atoms with E-state index in [0.717, 1.165) is 16.7 Å². The van der Waals surface area contributed by atoms with E-state index in [4.69, 9.17) is 9.15 Å². The second-order valence-corrected chi connectivity index (χ2v) is 5.78. The van der Waals surface area contributed by atoms with Gasteiger partial charge in [0.15, 0.2) is 0 Å². The van der Waals surface area contributed by atoms with Crippen molar-refractivity contribution in [1.29, 1.82) is 0 Å². The molecule has 2 heterocycles. The van der Waals surface area contributed by atoms with Crippen molar-refractivity contribution in [3.05, 3.63) is 67.3 Å². The van der Waals surface area contributed by atoms with Crippen molar-refractivity contribution >= 4 is 11.1 Å². The number of hydrogen-bond acceptors (Lipinski definition) is 5. The average Bonchev–Trinajstić information content (AvgIpc) is 2.50. The van der Waals surface area contributed by atoms with E-state index in [9.17, 15) is 9.59 Å². The van der Waals surface area contributed by atoms with Gasteiger partial charge in [0.25, 0.3) is 11.6 Å². The van der Waals surface area contributed by atoms with Gasteiger partial charge in [-0.2, -0.15) is 4.98 Å². The predicted octanol–water partition coefficient (Wildman–Crippen LogP) is 2.63. The number of fused-ring (bicyclic) bond motifs is 1. The topological polar surface area (TPSA) is 85.2 Å². The lowest BCUT2D eigenvalue weighted by Gasteiger charge is -2.08. The van der Waals surface area contributed by atoms with E-state index in [1.165, 1.54) is 6.07 Å². The maximum absolute atomic E-state index is 12.3. The van der Waals surface area contributed by atoms with Gasteiger partial charge in [0, 0.05) is 6.07 Å². The Hall–Kier alpha value is -2.89. The quantitative estimate of drug-likeness (QED) is 0.796. The Kier molecular flexibility index (Phi) is 4.20. The molecule has 6 heteroatoms. The van der Waals surface area contributed by atoms with E-state index in [1.54, 1.807) is 0 Å². The molecule has 0 aliphatic carbocycles. The molecule has 124 valence electrons. The van der Waals surface area contributed by atoms with Crippen molar-refractivity contribution in [2.24, 2.45) is 0 Å². The van der Waals surface area contributed by atoms with Gasteiger partial charge in [-0.25, -0.2) is 4.79 Å². The van der Waals surface area contributed by atoms with Crippen molar-refractivity contribution in [1.82, 2.24) is 9.97 Å². The number of hydrogen-bond donors (Lipinski definition) is 1. The molecule has 0 atom stereocenters. The zero-order chi connectivity index (χ0) is 17.3. The molecule has 0 radical (unpaired) electrons. The number of aromatic nitrogens is 2. The predicted molar refractivity (Wildman–Crippen MR) is 90.5 cm³/mol. The van der Waals surface area contributed by atoms with Crippen LogP contribution in [0, 0.1) is 13.8 Å². The van der Waals surface area contributed by atoms with Gasteiger partial charge in [-0.1, -0.05) is 36.2 Å². The highest BCUT2D eigenvalue weighted by Crippen LogP contribution is 2.15. The lowest BCUT2D eigenvalue weighted by molar-refractivity contribution is 0.279. The third kappa shape index (κ3) is 3.22. The van der Waals surface area contributed by atoms with Crippen LogP contribution < -0.4 is 15.9 Å². The molecule has 0 spiro atoms. The van der Waals surface area contributed by atoms with Gasteiger partial charge >= 0.3 is 5.63 Å². The van der Waals surface area contributed by atoms with Crippen molar-refractivity contribution in [2.75, 3.05) is 0 Å². The molecule has 0 saturated heterocycles. The van der Waals surface area contributed by atoms with Crippen molar-refractivity contribution < 1.29 is 9.15 Å². The third-order valence-corrected chi connectivity index (χ3v) is 3.71. The summed E-state index contributed by atoms with van der Waals surface area (Å²) in [5, 5.41) is 0.288. The summed E-state index contributed by atoms with van der Waals surface area (Å²) in [6, 6.07) is 7.42. The first-order valence-electron chi connectivity index (χ1n) is 7.73. The number of benzene rings is 1. The van der Waals surface area contributed by atoms with Crippen LogP contribution in [0.4, 0.5) is 0 Å². The SMILES string of the molecule is CCc1cc(=O)oc2nc(OCc3cc(C)cc(C)c3)[nH]c(=O)c12. The summed E-state index contributed by atoms with van der Waals surface area (Å²) < 4.78 is 10.6. The zero-order valence-electron chi connectivity index (χ0n) is 13.8. The lowest BCUT2D eigenvalue weighted by atomic mass is 10.1. The number of aromatic amines is 1. The van der Waals surface area contributed by atoms with Gasteiger partial charge in [-0.15, -0.1) is 0 Å². The summed E-state index contributed by atoms with van der Waals surface area (Å²) in [7, 11) is 0. The first-order valence-corrected chi connectivity index (χ1v) is 7.73. The number of nitrogens with zero attached hydrogens (tertiary/aromatic N) is 1. The van der Waals surface area contributed by atoms with Crippen LogP contribution in [0.5, 0.6) is 6.01 Å². The van der Waals surface area contributed by atoms with Crippen molar-refractivity contribution in [2.45, 2.75) is 33.8 Å². The van der Waals surface area contributed by atoms with E-state index < -0.39 is 5.63 Å². The number of nitrogens with one attached hydrogen (secondary N) is 1. The summed E-state index contributed by atoms with van der Waals surface area (Å²) in [5.74, 6) is 0. The van der Waals surface area contributed by atoms with Crippen LogP contribution in [-0.4, -0.2) is 9.97 Å². The molecule has 2 aromatic heterocycles. The smallest absolute Gasteiger partial charge is 0.337 e. The molecule has 0 fully saturated rings. The second kappa shape index (κ2) is 6.31. The normalized spacial score (nSPS) is 11.0. The number of ether oxygens (including phenoxy) is 1. The molecule has 24 heavy (non-hydrogen) atoms. The summed E-state index contributed by atoms with van der Waals surface area (Å²) >= 11 is 0. The molecular weight excluding hydrogens is 308 g/mol. The minimum absolute atomic E-state index is 0.00137. The van der Waals surface area contributed by atoms with E-state index in [2.05, 4.69) is 16.0 Å². The van der Waals surface area contributed by atoms with Crippen LogP contribution >= 0.6 is 0 Å². The molecule has 6 nitrogen and oxygen atoms in total. The van der Waals surface area contributed by atoms with Crippen LogP contribution in [0.2, 0.25) is 0 Å². The minimum Gasteiger partial charge on any atom is -0.460 e. The number of rotatable bonds is 4. The molecule has 3 aromatic rings. The summed E-state index contributed by atoms with van der Waals surface area (Å²) in [5.41, 5.74) is 2.93. The average molecular weight is 326 g/mol. The Morgan fingerprint density at radius 2 is 1.83 bits per heavy atom. The van der Waals surface area contributed by atoms with Crippen LogP contribution in [0.1, 0.15) is 29.2 Å². The summed E-state index contributed by atoms with van der Waals surface area (Å²) in [6.07, 6.45) is 0.537. The fourth-order valence-electron chi connectivity index (χ4n) is 2.78. The van der Waals surface area contributed by atoms with Gasteiger partial charge in [-0.3, -0.25) is 9.78 Å². The first-order chi connectivity index (χ1) is 11.5. The Morgan fingerprint density at radius 3 is 2.50 bits per heavy atom. The molecule has 0 amide bonds. The van der Waals surface area contributed by atoms with Gasteiger partial charge in [-0.05, 0) is 31.4 Å². The molecule has 0 aliphatic heterocycles. The zero-order valence-corrected chi connectivity index (χ0v) is 13.8.